The van der Waals surface area contributed by atoms with Gasteiger partial charge in [0.1, 0.15) is 5.75 Å². The number of hydrogen-bond donors (Lipinski definition) is 0. The van der Waals surface area contributed by atoms with Crippen LogP contribution < -0.4 is 4.74 Å². The van der Waals surface area contributed by atoms with Crippen LogP contribution in [0.3, 0.4) is 0 Å². The maximum atomic E-state index is 6.11. The lowest BCUT2D eigenvalue weighted by Crippen LogP contribution is -2.34. The van der Waals surface area contributed by atoms with Crippen molar-refractivity contribution in [2.24, 2.45) is 4.40 Å². The van der Waals surface area contributed by atoms with Crippen molar-refractivity contribution >= 4 is 17.8 Å². The van der Waals surface area contributed by atoms with Crippen LogP contribution in [0.5, 0.6) is 5.75 Å². The van der Waals surface area contributed by atoms with E-state index in [0.29, 0.717) is 0 Å². The van der Waals surface area contributed by atoms with Gasteiger partial charge in [-0.05, 0) is 73.0 Å². The Labute approximate surface area is 129 Å². The minimum atomic E-state index is 0.848. The van der Waals surface area contributed by atoms with Crippen LogP contribution in [0.4, 0.5) is 0 Å². The first-order chi connectivity index (χ1) is 10.4. The molecule has 0 amide bonds. The van der Waals surface area contributed by atoms with E-state index in [2.05, 4.69) is 33.7 Å². The molecular weight excluding hydrogens is 280 g/mol. The minimum absolute atomic E-state index is 0.848. The lowest BCUT2D eigenvalue weighted by Gasteiger charge is -2.28. The molecule has 1 aromatic carbocycles. The maximum absolute atomic E-state index is 6.11. The van der Waals surface area contributed by atoms with Crippen LogP contribution in [0.2, 0.25) is 0 Å². The number of amidine groups is 1. The smallest absolute Gasteiger partial charge is 0.183 e. The lowest BCUT2D eigenvalue weighted by atomic mass is 9.92. The summed E-state index contributed by atoms with van der Waals surface area (Å²) in [6.45, 7) is 0.991. The summed E-state index contributed by atoms with van der Waals surface area (Å²) >= 11 is 1.61. The van der Waals surface area contributed by atoms with E-state index in [4.69, 9.17) is 4.74 Å². The van der Waals surface area contributed by atoms with E-state index in [1.807, 2.05) is 12.2 Å². The van der Waals surface area contributed by atoms with Crippen molar-refractivity contribution in [3.8, 4) is 5.75 Å². The van der Waals surface area contributed by atoms with E-state index in [-0.39, 0.29) is 0 Å². The summed E-state index contributed by atoms with van der Waals surface area (Å²) < 4.78 is 10.6. The average Bonchev–Trinajstić information content (AvgIpc) is 2.55. The van der Waals surface area contributed by atoms with Gasteiger partial charge in [0.15, 0.2) is 11.6 Å². The minimum Gasteiger partial charge on any atom is -0.453 e. The number of fused-ring (bicyclic) bond motifs is 2. The molecule has 0 aromatic heterocycles. The van der Waals surface area contributed by atoms with Gasteiger partial charge >= 0.3 is 0 Å². The number of rotatable bonds is 2. The summed E-state index contributed by atoms with van der Waals surface area (Å²) in [7, 11) is 0. The predicted molar refractivity (Wildman–Crippen MR) is 87.5 cm³/mol. The Morgan fingerprint density at radius 2 is 2.05 bits per heavy atom. The molecule has 0 saturated carbocycles. The molecule has 1 aromatic rings. The molecule has 0 fully saturated rings. The Hall–Kier alpha value is -1.68. The van der Waals surface area contributed by atoms with Crippen molar-refractivity contribution in [2.45, 2.75) is 25.7 Å². The third kappa shape index (κ3) is 2.60. The Morgan fingerprint density at radius 1 is 1.14 bits per heavy atom. The highest BCUT2D eigenvalue weighted by Gasteiger charge is 2.22. The SMILES string of the molecule is C1=CN2CCSN=C2C(Oc2ccc3c(c2)CCCC3)=C1. The van der Waals surface area contributed by atoms with Crippen LogP contribution in [0.15, 0.2) is 46.7 Å². The predicted octanol–water partition coefficient (Wildman–Crippen LogP) is 3.72. The summed E-state index contributed by atoms with van der Waals surface area (Å²) in [6, 6.07) is 6.51. The normalized spacial score (nSPS) is 20.3. The highest BCUT2D eigenvalue weighted by Crippen LogP contribution is 2.28. The van der Waals surface area contributed by atoms with Crippen LogP contribution in [0.25, 0.3) is 0 Å². The lowest BCUT2D eigenvalue weighted by molar-refractivity contribution is 0.430. The first kappa shape index (κ1) is 13.0. The largest absolute Gasteiger partial charge is 0.453 e. The van der Waals surface area contributed by atoms with Crippen LogP contribution in [-0.2, 0) is 12.8 Å². The second kappa shape index (κ2) is 5.60. The molecule has 1 aliphatic carbocycles. The van der Waals surface area contributed by atoms with Gasteiger partial charge in [-0.25, -0.2) is 0 Å². The highest BCUT2D eigenvalue weighted by atomic mass is 32.2. The van der Waals surface area contributed by atoms with Gasteiger partial charge in [0, 0.05) is 18.5 Å². The van der Waals surface area contributed by atoms with Crippen LogP contribution in [0, 0.1) is 0 Å². The topological polar surface area (TPSA) is 24.8 Å². The molecule has 0 N–H and O–H groups in total. The van der Waals surface area contributed by atoms with Gasteiger partial charge in [-0.2, -0.15) is 4.40 Å². The van der Waals surface area contributed by atoms with Crippen molar-refractivity contribution in [1.29, 1.82) is 0 Å². The zero-order chi connectivity index (χ0) is 14.1. The molecule has 0 unspecified atom stereocenters. The van der Waals surface area contributed by atoms with Gasteiger partial charge in [-0.1, -0.05) is 6.07 Å². The van der Waals surface area contributed by atoms with Crippen molar-refractivity contribution in [1.82, 2.24) is 4.90 Å². The number of allylic oxidation sites excluding steroid dienone is 2. The van der Waals surface area contributed by atoms with E-state index in [1.54, 1.807) is 11.9 Å². The van der Waals surface area contributed by atoms with E-state index >= 15 is 0 Å². The molecular formula is C17H18N2OS. The fraction of sp³-hybridized carbons (Fsp3) is 0.353. The Kier molecular flexibility index (Phi) is 3.47. The quantitative estimate of drug-likeness (QED) is 0.778. The van der Waals surface area contributed by atoms with Gasteiger partial charge in [0.2, 0.25) is 0 Å². The molecule has 0 radical (unpaired) electrons. The molecule has 0 spiro atoms. The Morgan fingerprint density at radius 3 is 3.00 bits per heavy atom. The Balaban J connectivity index is 1.59. The van der Waals surface area contributed by atoms with Crippen LogP contribution >= 0.6 is 11.9 Å². The van der Waals surface area contributed by atoms with Crippen molar-refractivity contribution in [2.75, 3.05) is 12.3 Å². The van der Waals surface area contributed by atoms with Crippen molar-refractivity contribution in [3.05, 3.63) is 53.4 Å². The third-order valence-corrected chi connectivity index (χ3v) is 4.80. The van der Waals surface area contributed by atoms with E-state index in [0.717, 1.165) is 29.6 Å². The maximum Gasteiger partial charge on any atom is 0.183 e. The monoisotopic (exact) mass is 298 g/mol. The number of benzene rings is 1. The van der Waals surface area contributed by atoms with Crippen molar-refractivity contribution in [3.63, 3.8) is 0 Å². The zero-order valence-corrected chi connectivity index (χ0v) is 12.7. The summed E-state index contributed by atoms with van der Waals surface area (Å²) in [5, 5.41) is 0. The van der Waals surface area contributed by atoms with E-state index in [9.17, 15) is 0 Å². The summed E-state index contributed by atoms with van der Waals surface area (Å²) in [5.74, 6) is 3.74. The molecule has 2 aliphatic heterocycles. The molecule has 108 valence electrons. The molecule has 4 heteroatoms. The number of aryl methyl sites for hydroxylation is 2. The van der Waals surface area contributed by atoms with Gasteiger partial charge in [0.05, 0.1) is 0 Å². The molecule has 4 rings (SSSR count). The summed E-state index contributed by atoms with van der Waals surface area (Å²) in [5.41, 5.74) is 2.93. The summed E-state index contributed by atoms with van der Waals surface area (Å²) in [6.07, 6.45) is 11.1. The van der Waals surface area contributed by atoms with Gasteiger partial charge in [0.25, 0.3) is 0 Å². The number of hydrogen-bond acceptors (Lipinski definition) is 4. The molecule has 3 nitrogen and oxygen atoms in total. The fourth-order valence-corrected chi connectivity index (χ4v) is 3.71. The van der Waals surface area contributed by atoms with E-state index < -0.39 is 0 Å². The van der Waals surface area contributed by atoms with E-state index in [1.165, 1.54) is 36.8 Å². The second-order valence-corrected chi connectivity index (χ2v) is 6.40. The number of ether oxygens (including phenoxy) is 1. The fourth-order valence-electron chi connectivity index (χ4n) is 3.02. The standard InChI is InChI=1S/C17H18N2OS/c1-2-5-14-12-15(8-7-13(14)4-1)20-16-6-3-9-19-10-11-21-18-17(16)19/h3,6-9,12H,1-2,4-5,10-11H2. The molecule has 0 bridgehead atoms. The molecule has 2 heterocycles. The van der Waals surface area contributed by atoms with Gasteiger partial charge in [-0.15, -0.1) is 0 Å². The molecule has 0 atom stereocenters. The third-order valence-electron chi connectivity index (χ3n) is 4.13. The van der Waals surface area contributed by atoms with Crippen molar-refractivity contribution < 1.29 is 4.74 Å². The molecule has 3 aliphatic rings. The highest BCUT2D eigenvalue weighted by molar-refractivity contribution is 7.98. The van der Waals surface area contributed by atoms with Gasteiger partial charge < -0.3 is 9.64 Å². The second-order valence-electron chi connectivity index (χ2n) is 5.55. The Bertz CT molecular complexity index is 648. The zero-order valence-electron chi connectivity index (χ0n) is 11.9. The number of nitrogens with zero attached hydrogens (tertiary/aromatic N) is 2. The van der Waals surface area contributed by atoms with Crippen LogP contribution in [-0.4, -0.2) is 23.0 Å². The van der Waals surface area contributed by atoms with Crippen LogP contribution in [0.1, 0.15) is 24.0 Å². The first-order valence-electron chi connectivity index (χ1n) is 7.55. The molecule has 21 heavy (non-hydrogen) atoms. The average molecular weight is 298 g/mol. The molecule has 0 saturated heterocycles. The first-order valence-corrected chi connectivity index (χ1v) is 8.49. The van der Waals surface area contributed by atoms with Gasteiger partial charge in [-0.3, -0.25) is 0 Å². The summed E-state index contributed by atoms with van der Waals surface area (Å²) in [4.78, 5) is 2.16.